The van der Waals surface area contributed by atoms with E-state index in [1.165, 1.54) is 17.7 Å². The highest BCUT2D eigenvalue weighted by atomic mass is 16.6. The SMILES string of the molecule is Cc1ccc(C)c(OCCCOc2ccc(C=NNc3ccc([N+](=O)[O-])cc3)cc2)c1. The number of hydrogen-bond acceptors (Lipinski definition) is 6. The van der Waals surface area contributed by atoms with Crippen LogP contribution in [0.2, 0.25) is 0 Å². The first-order chi connectivity index (χ1) is 15.0. The fourth-order valence-electron chi connectivity index (χ4n) is 2.78. The summed E-state index contributed by atoms with van der Waals surface area (Å²) in [7, 11) is 0. The number of anilines is 1. The number of hydrazone groups is 1. The van der Waals surface area contributed by atoms with Gasteiger partial charge < -0.3 is 9.47 Å². The van der Waals surface area contributed by atoms with Crippen molar-refractivity contribution < 1.29 is 14.4 Å². The molecule has 3 rings (SSSR count). The van der Waals surface area contributed by atoms with Crippen LogP contribution < -0.4 is 14.9 Å². The van der Waals surface area contributed by atoms with Crippen LogP contribution in [0.15, 0.2) is 71.8 Å². The van der Waals surface area contributed by atoms with Crippen molar-refractivity contribution in [3.63, 3.8) is 0 Å². The lowest BCUT2D eigenvalue weighted by molar-refractivity contribution is -0.384. The van der Waals surface area contributed by atoms with E-state index in [9.17, 15) is 10.1 Å². The Hall–Kier alpha value is -3.87. The van der Waals surface area contributed by atoms with Crippen molar-refractivity contribution in [1.29, 1.82) is 0 Å². The summed E-state index contributed by atoms with van der Waals surface area (Å²) in [5, 5.41) is 14.8. The monoisotopic (exact) mass is 419 g/mol. The molecule has 0 saturated heterocycles. The summed E-state index contributed by atoms with van der Waals surface area (Å²) in [5.41, 5.74) is 6.78. The third-order valence-electron chi connectivity index (χ3n) is 4.52. The fourth-order valence-corrected chi connectivity index (χ4v) is 2.78. The van der Waals surface area contributed by atoms with E-state index in [0.29, 0.717) is 18.9 Å². The lowest BCUT2D eigenvalue weighted by atomic mass is 10.1. The summed E-state index contributed by atoms with van der Waals surface area (Å²) < 4.78 is 11.6. The number of ether oxygens (including phenoxy) is 2. The highest BCUT2D eigenvalue weighted by molar-refractivity contribution is 5.80. The van der Waals surface area contributed by atoms with Gasteiger partial charge in [-0.15, -0.1) is 0 Å². The molecule has 0 aromatic heterocycles. The van der Waals surface area contributed by atoms with Gasteiger partial charge in [0.05, 0.1) is 30.0 Å². The van der Waals surface area contributed by atoms with E-state index in [2.05, 4.69) is 29.6 Å². The molecule has 0 unspecified atom stereocenters. The first-order valence-corrected chi connectivity index (χ1v) is 9.98. The average Bonchev–Trinajstić information content (AvgIpc) is 2.77. The predicted octanol–water partition coefficient (Wildman–Crippen LogP) is 5.51. The van der Waals surface area contributed by atoms with Gasteiger partial charge in [-0.25, -0.2) is 0 Å². The quantitative estimate of drug-likeness (QED) is 0.203. The Bertz CT molecular complexity index is 1030. The van der Waals surface area contributed by atoms with Crippen molar-refractivity contribution in [3.05, 3.63) is 93.5 Å². The van der Waals surface area contributed by atoms with Crippen molar-refractivity contribution in [2.24, 2.45) is 5.10 Å². The van der Waals surface area contributed by atoms with Crippen molar-refractivity contribution in [2.75, 3.05) is 18.6 Å². The molecule has 1 N–H and O–H groups in total. The van der Waals surface area contributed by atoms with Crippen LogP contribution in [0, 0.1) is 24.0 Å². The van der Waals surface area contributed by atoms with Crippen molar-refractivity contribution >= 4 is 17.6 Å². The normalized spacial score (nSPS) is 10.8. The third-order valence-corrected chi connectivity index (χ3v) is 4.52. The van der Waals surface area contributed by atoms with E-state index in [-0.39, 0.29) is 5.69 Å². The molecule has 0 amide bonds. The van der Waals surface area contributed by atoms with E-state index in [1.54, 1.807) is 18.3 Å². The van der Waals surface area contributed by atoms with Gasteiger partial charge in [0.25, 0.3) is 5.69 Å². The van der Waals surface area contributed by atoms with Crippen LogP contribution in [-0.2, 0) is 0 Å². The Morgan fingerprint density at radius 2 is 1.68 bits per heavy atom. The molecule has 31 heavy (non-hydrogen) atoms. The molecular formula is C24H25N3O4. The fraction of sp³-hybridized carbons (Fsp3) is 0.208. The minimum Gasteiger partial charge on any atom is -0.493 e. The number of nitrogens with one attached hydrogen (secondary N) is 1. The molecule has 0 aliphatic carbocycles. The lowest BCUT2D eigenvalue weighted by Gasteiger charge is -2.10. The Morgan fingerprint density at radius 1 is 0.968 bits per heavy atom. The molecule has 0 aliphatic heterocycles. The van der Waals surface area contributed by atoms with E-state index >= 15 is 0 Å². The topological polar surface area (TPSA) is 86.0 Å². The largest absolute Gasteiger partial charge is 0.493 e. The summed E-state index contributed by atoms with van der Waals surface area (Å²) in [6, 6.07) is 19.8. The van der Waals surface area contributed by atoms with Crippen LogP contribution in [0.5, 0.6) is 11.5 Å². The van der Waals surface area contributed by atoms with Crippen LogP contribution >= 0.6 is 0 Å². The van der Waals surface area contributed by atoms with Crippen LogP contribution in [0.4, 0.5) is 11.4 Å². The Kier molecular flexibility index (Phi) is 7.59. The van der Waals surface area contributed by atoms with Crippen molar-refractivity contribution in [3.8, 4) is 11.5 Å². The Morgan fingerprint density at radius 3 is 2.39 bits per heavy atom. The summed E-state index contributed by atoms with van der Waals surface area (Å²) in [6.07, 6.45) is 2.46. The maximum Gasteiger partial charge on any atom is 0.269 e. The molecule has 0 fully saturated rings. The molecular weight excluding hydrogens is 394 g/mol. The molecule has 0 atom stereocenters. The molecule has 0 spiro atoms. The summed E-state index contributed by atoms with van der Waals surface area (Å²) in [4.78, 5) is 10.2. The second kappa shape index (κ2) is 10.8. The number of non-ortho nitro benzene ring substituents is 1. The lowest BCUT2D eigenvalue weighted by Crippen LogP contribution is -2.05. The standard InChI is InChI=1S/C24H25N3O4/c1-18-4-5-19(2)24(16-18)31-15-3-14-30-23-12-6-20(7-13-23)17-25-26-21-8-10-22(11-9-21)27(28)29/h4-13,16-17,26H,3,14-15H2,1-2H3. The van der Waals surface area contributed by atoms with Gasteiger partial charge in [-0.05, 0) is 73.0 Å². The number of aryl methyl sites for hydroxylation is 2. The maximum atomic E-state index is 10.7. The van der Waals surface area contributed by atoms with Gasteiger partial charge in [0.2, 0.25) is 0 Å². The molecule has 3 aromatic rings. The highest BCUT2D eigenvalue weighted by Crippen LogP contribution is 2.19. The molecule has 7 nitrogen and oxygen atoms in total. The van der Waals surface area contributed by atoms with Gasteiger partial charge in [-0.2, -0.15) is 5.10 Å². The van der Waals surface area contributed by atoms with Gasteiger partial charge in [0.15, 0.2) is 0 Å². The highest BCUT2D eigenvalue weighted by Gasteiger charge is 2.03. The maximum absolute atomic E-state index is 10.7. The van der Waals surface area contributed by atoms with Gasteiger partial charge >= 0.3 is 0 Å². The number of rotatable bonds is 10. The minimum atomic E-state index is -0.436. The minimum absolute atomic E-state index is 0.0435. The number of nitro groups is 1. The number of hydrogen-bond donors (Lipinski definition) is 1. The average molecular weight is 419 g/mol. The molecule has 0 heterocycles. The first kappa shape index (κ1) is 21.8. The van der Waals surface area contributed by atoms with Gasteiger partial charge in [-0.1, -0.05) is 12.1 Å². The van der Waals surface area contributed by atoms with E-state index in [1.807, 2.05) is 37.3 Å². The second-order valence-electron chi connectivity index (χ2n) is 7.06. The molecule has 160 valence electrons. The number of benzene rings is 3. The Balaban J connectivity index is 1.39. The molecule has 7 heteroatoms. The molecule has 0 saturated carbocycles. The van der Waals surface area contributed by atoms with Crippen molar-refractivity contribution in [2.45, 2.75) is 20.3 Å². The summed E-state index contributed by atoms with van der Waals surface area (Å²) in [5.74, 6) is 1.71. The van der Waals surface area contributed by atoms with E-state index in [0.717, 1.165) is 29.0 Å². The Labute approximate surface area is 181 Å². The predicted molar refractivity (Wildman–Crippen MR) is 122 cm³/mol. The molecule has 0 bridgehead atoms. The molecule has 3 aromatic carbocycles. The van der Waals surface area contributed by atoms with Crippen LogP contribution in [-0.4, -0.2) is 24.4 Å². The third kappa shape index (κ3) is 6.85. The van der Waals surface area contributed by atoms with Gasteiger partial charge in [-0.3, -0.25) is 15.5 Å². The molecule has 0 radical (unpaired) electrons. The number of nitrogens with zero attached hydrogens (tertiary/aromatic N) is 2. The molecule has 0 aliphatic rings. The number of nitro benzene ring substituents is 1. The van der Waals surface area contributed by atoms with E-state index in [4.69, 9.17) is 9.47 Å². The van der Waals surface area contributed by atoms with Crippen LogP contribution in [0.3, 0.4) is 0 Å². The van der Waals surface area contributed by atoms with Gasteiger partial charge in [0.1, 0.15) is 11.5 Å². The smallest absolute Gasteiger partial charge is 0.269 e. The zero-order valence-corrected chi connectivity index (χ0v) is 17.6. The second-order valence-corrected chi connectivity index (χ2v) is 7.06. The van der Waals surface area contributed by atoms with Crippen LogP contribution in [0.25, 0.3) is 0 Å². The summed E-state index contributed by atoms with van der Waals surface area (Å²) >= 11 is 0. The first-order valence-electron chi connectivity index (χ1n) is 9.98. The summed E-state index contributed by atoms with van der Waals surface area (Å²) in [6.45, 7) is 5.26. The zero-order chi connectivity index (χ0) is 22.1. The van der Waals surface area contributed by atoms with Gasteiger partial charge in [0, 0.05) is 18.6 Å². The van der Waals surface area contributed by atoms with Crippen molar-refractivity contribution in [1.82, 2.24) is 0 Å². The van der Waals surface area contributed by atoms with E-state index < -0.39 is 4.92 Å². The zero-order valence-electron chi connectivity index (χ0n) is 17.6. The van der Waals surface area contributed by atoms with Crippen LogP contribution in [0.1, 0.15) is 23.1 Å².